The van der Waals surface area contributed by atoms with Gasteiger partial charge in [-0.05, 0) is 12.1 Å². The molecular weight excluding hydrogens is 244 g/mol. The van der Waals surface area contributed by atoms with E-state index >= 15 is 0 Å². The number of benzene rings is 1. The number of ether oxygens (including phenoxy) is 1. The van der Waals surface area contributed by atoms with Gasteiger partial charge >= 0.3 is 6.09 Å². The van der Waals surface area contributed by atoms with E-state index in [9.17, 15) is 9.59 Å². The number of para-hydroxylation sites is 1. The maximum absolute atomic E-state index is 11.5. The van der Waals surface area contributed by atoms with Crippen LogP contribution >= 0.6 is 0 Å². The second kappa shape index (κ2) is 6.13. The third-order valence-corrected chi connectivity index (χ3v) is 2.44. The number of imide groups is 1. The Balaban J connectivity index is 2.45. The first-order valence-corrected chi connectivity index (χ1v) is 5.93. The number of rotatable bonds is 3. The van der Waals surface area contributed by atoms with Crippen LogP contribution in [-0.4, -0.2) is 17.7 Å². The Hall–Kier alpha value is -2.17. The number of amides is 2. The summed E-state index contributed by atoms with van der Waals surface area (Å²) in [5.41, 5.74) is -0.127. The lowest BCUT2D eigenvalue weighted by Gasteiger charge is -2.19. The molecule has 0 heterocycles. The molecule has 0 aliphatic rings. The van der Waals surface area contributed by atoms with E-state index in [2.05, 4.69) is 5.32 Å². The van der Waals surface area contributed by atoms with Crippen LogP contribution in [0, 0.1) is 10.8 Å². The molecule has 1 rings (SSSR count). The van der Waals surface area contributed by atoms with Crippen molar-refractivity contribution in [3.05, 3.63) is 30.3 Å². The molecule has 5 nitrogen and oxygen atoms in total. The predicted octanol–water partition coefficient (Wildman–Crippen LogP) is 2.76. The third-order valence-electron chi connectivity index (χ3n) is 2.44. The van der Waals surface area contributed by atoms with E-state index in [1.165, 1.54) is 0 Å². The number of nitrogens with one attached hydrogen (secondary N) is 2. The summed E-state index contributed by atoms with van der Waals surface area (Å²) in [5, 5.41) is 9.81. The standard InChI is InChI=1S/C14H18N2O3/c1-14(2,3)11(15)9-12(17)16-13(18)19-10-7-5-4-6-8-10/h4-8,15H,9H2,1-3H3,(H,16,17,18). The van der Waals surface area contributed by atoms with Crippen molar-refractivity contribution in [2.24, 2.45) is 5.41 Å². The van der Waals surface area contributed by atoms with Crippen molar-refractivity contribution >= 4 is 17.7 Å². The van der Waals surface area contributed by atoms with Gasteiger partial charge in [0.1, 0.15) is 5.75 Å². The molecule has 2 N–H and O–H groups in total. The number of hydrogen-bond donors (Lipinski definition) is 2. The second-order valence-electron chi connectivity index (χ2n) is 5.16. The maximum atomic E-state index is 11.5. The monoisotopic (exact) mass is 262 g/mol. The van der Waals surface area contributed by atoms with E-state index in [1.807, 2.05) is 20.8 Å². The Morgan fingerprint density at radius 3 is 2.32 bits per heavy atom. The van der Waals surface area contributed by atoms with Gasteiger partial charge < -0.3 is 10.1 Å². The minimum Gasteiger partial charge on any atom is -0.410 e. The molecule has 5 heteroatoms. The Kier molecular flexibility index (Phi) is 4.80. The number of carbonyl (C=O) groups is 2. The zero-order chi connectivity index (χ0) is 14.5. The van der Waals surface area contributed by atoms with Crippen LogP contribution in [0.3, 0.4) is 0 Å². The van der Waals surface area contributed by atoms with Crippen LogP contribution in [0.1, 0.15) is 27.2 Å². The summed E-state index contributed by atoms with van der Waals surface area (Å²) < 4.78 is 4.91. The van der Waals surface area contributed by atoms with Crippen LogP contribution in [0.2, 0.25) is 0 Å². The quantitative estimate of drug-likeness (QED) is 0.822. The molecule has 0 radical (unpaired) electrons. The van der Waals surface area contributed by atoms with Gasteiger partial charge in [-0.25, -0.2) is 4.79 Å². The highest BCUT2D eigenvalue weighted by molar-refractivity contribution is 6.06. The highest BCUT2D eigenvalue weighted by Gasteiger charge is 2.21. The topological polar surface area (TPSA) is 79.3 Å². The third kappa shape index (κ3) is 5.33. The number of hydrogen-bond acceptors (Lipinski definition) is 4. The second-order valence-corrected chi connectivity index (χ2v) is 5.16. The van der Waals surface area contributed by atoms with Crippen molar-refractivity contribution in [3.63, 3.8) is 0 Å². The van der Waals surface area contributed by atoms with Gasteiger partial charge in [-0.15, -0.1) is 0 Å². The lowest BCUT2D eigenvalue weighted by Crippen LogP contribution is -2.36. The van der Waals surface area contributed by atoms with E-state index in [-0.39, 0.29) is 17.5 Å². The molecule has 0 bridgehead atoms. The number of carbonyl (C=O) groups excluding carboxylic acids is 2. The summed E-state index contributed by atoms with van der Waals surface area (Å²) in [6.07, 6.45) is -0.953. The highest BCUT2D eigenvalue weighted by Crippen LogP contribution is 2.16. The Bertz CT molecular complexity index is 475. The van der Waals surface area contributed by atoms with Crippen molar-refractivity contribution in [2.75, 3.05) is 0 Å². The molecule has 102 valence electrons. The van der Waals surface area contributed by atoms with Crippen LogP contribution in [0.25, 0.3) is 0 Å². The van der Waals surface area contributed by atoms with Crippen molar-refractivity contribution in [1.29, 1.82) is 5.41 Å². The normalized spacial score (nSPS) is 10.7. The van der Waals surface area contributed by atoms with Crippen molar-refractivity contribution < 1.29 is 14.3 Å². The SMILES string of the molecule is CC(C)(C)C(=N)CC(=O)NC(=O)Oc1ccccc1. The molecule has 0 saturated heterocycles. The molecule has 1 aromatic rings. The maximum Gasteiger partial charge on any atom is 0.419 e. The first-order chi connectivity index (χ1) is 8.79. The molecule has 0 spiro atoms. The van der Waals surface area contributed by atoms with Crippen LogP contribution in [0.4, 0.5) is 4.79 Å². The van der Waals surface area contributed by atoms with Gasteiger partial charge in [0.15, 0.2) is 0 Å². The molecule has 0 aromatic heterocycles. The average molecular weight is 262 g/mol. The predicted molar refractivity (Wildman–Crippen MR) is 72.4 cm³/mol. The summed E-state index contributed by atoms with van der Waals surface area (Å²) >= 11 is 0. The summed E-state index contributed by atoms with van der Waals surface area (Å²) in [4.78, 5) is 23.0. The van der Waals surface area contributed by atoms with Gasteiger partial charge in [0.25, 0.3) is 0 Å². The van der Waals surface area contributed by atoms with Crippen molar-refractivity contribution in [1.82, 2.24) is 5.32 Å². The molecule has 2 amide bonds. The fraction of sp³-hybridized carbons (Fsp3) is 0.357. The molecule has 1 aromatic carbocycles. The summed E-state index contributed by atoms with van der Waals surface area (Å²) in [6, 6.07) is 8.46. The molecule has 0 aliphatic carbocycles. The van der Waals surface area contributed by atoms with Crippen LogP contribution in [-0.2, 0) is 4.79 Å². The lowest BCUT2D eigenvalue weighted by atomic mass is 9.88. The van der Waals surface area contributed by atoms with Crippen LogP contribution in [0.15, 0.2) is 30.3 Å². The van der Waals surface area contributed by atoms with Gasteiger partial charge in [-0.2, -0.15) is 0 Å². The van der Waals surface area contributed by atoms with Gasteiger partial charge in [0, 0.05) is 11.1 Å². The van der Waals surface area contributed by atoms with Crippen LogP contribution < -0.4 is 10.1 Å². The van der Waals surface area contributed by atoms with Crippen LogP contribution in [0.5, 0.6) is 5.75 Å². The highest BCUT2D eigenvalue weighted by atomic mass is 16.6. The molecular formula is C14H18N2O3. The summed E-state index contributed by atoms with van der Waals surface area (Å²) in [6.45, 7) is 5.51. The van der Waals surface area contributed by atoms with E-state index in [1.54, 1.807) is 30.3 Å². The molecule has 0 aliphatic heterocycles. The minimum absolute atomic E-state index is 0.118. The smallest absolute Gasteiger partial charge is 0.410 e. The lowest BCUT2D eigenvalue weighted by molar-refractivity contribution is -0.119. The molecule has 0 fully saturated rings. The minimum atomic E-state index is -0.835. The first-order valence-electron chi connectivity index (χ1n) is 5.93. The van der Waals surface area contributed by atoms with E-state index in [0.717, 1.165) is 0 Å². The van der Waals surface area contributed by atoms with Gasteiger partial charge in [0.2, 0.25) is 5.91 Å². The Labute approximate surface area is 112 Å². The Morgan fingerprint density at radius 2 is 1.79 bits per heavy atom. The van der Waals surface area contributed by atoms with E-state index in [0.29, 0.717) is 5.75 Å². The Morgan fingerprint density at radius 1 is 1.21 bits per heavy atom. The molecule has 0 saturated carbocycles. The zero-order valence-electron chi connectivity index (χ0n) is 11.3. The molecule has 0 atom stereocenters. The molecule has 0 unspecified atom stereocenters. The average Bonchev–Trinajstić information content (AvgIpc) is 2.28. The summed E-state index contributed by atoms with van der Waals surface area (Å²) in [7, 11) is 0. The fourth-order valence-corrected chi connectivity index (χ4v) is 1.20. The summed E-state index contributed by atoms with van der Waals surface area (Å²) in [5.74, 6) is -0.181. The van der Waals surface area contributed by atoms with Crippen molar-refractivity contribution in [3.8, 4) is 5.75 Å². The molecule has 19 heavy (non-hydrogen) atoms. The first kappa shape index (κ1) is 14.9. The van der Waals surface area contributed by atoms with Gasteiger partial charge in [-0.1, -0.05) is 39.0 Å². The van der Waals surface area contributed by atoms with E-state index in [4.69, 9.17) is 10.1 Å². The zero-order valence-corrected chi connectivity index (χ0v) is 11.3. The van der Waals surface area contributed by atoms with E-state index < -0.39 is 12.0 Å². The largest absolute Gasteiger partial charge is 0.419 e. The fourth-order valence-electron chi connectivity index (χ4n) is 1.20. The van der Waals surface area contributed by atoms with Crippen molar-refractivity contribution in [2.45, 2.75) is 27.2 Å². The van der Waals surface area contributed by atoms with Gasteiger partial charge in [0.05, 0.1) is 6.42 Å². The van der Waals surface area contributed by atoms with Gasteiger partial charge in [-0.3, -0.25) is 10.1 Å².